The molecule has 0 aliphatic carbocycles. The molecule has 1 N–H and O–H groups in total. The number of carbonyl (C=O) groups excluding carboxylic acids is 1. The van der Waals surface area contributed by atoms with Gasteiger partial charge in [0, 0.05) is 6.54 Å². The zero-order valence-electron chi connectivity index (χ0n) is 10.1. The highest BCUT2D eigenvalue weighted by atomic mass is 16.5. The maximum Gasteiger partial charge on any atom is 0.246 e. The fourth-order valence-electron chi connectivity index (χ4n) is 1.89. The lowest BCUT2D eigenvalue weighted by Crippen LogP contribution is -2.34. The Kier molecular flexibility index (Phi) is 3.75. The van der Waals surface area contributed by atoms with Crippen LogP contribution in [0.4, 0.5) is 5.82 Å². The maximum absolute atomic E-state index is 12.1. The fourth-order valence-corrected chi connectivity index (χ4v) is 1.89. The lowest BCUT2D eigenvalue weighted by Gasteiger charge is -2.16. The second kappa shape index (κ2) is 5.47. The second-order valence-corrected chi connectivity index (χ2v) is 4.02. The van der Waals surface area contributed by atoms with Gasteiger partial charge < -0.3 is 10.1 Å². The summed E-state index contributed by atoms with van der Waals surface area (Å²) in [7, 11) is 1.54. The first-order valence-corrected chi connectivity index (χ1v) is 5.70. The van der Waals surface area contributed by atoms with Crippen LogP contribution in [0.25, 0.3) is 0 Å². The van der Waals surface area contributed by atoms with Crippen molar-refractivity contribution >= 4 is 11.7 Å². The van der Waals surface area contributed by atoms with E-state index in [9.17, 15) is 4.79 Å². The van der Waals surface area contributed by atoms with Crippen molar-refractivity contribution in [2.24, 2.45) is 5.92 Å². The number of carbonyl (C=O) groups is 1. The number of rotatable bonds is 3. The molecule has 1 aliphatic heterocycles. The molecule has 2 rings (SSSR count). The summed E-state index contributed by atoms with van der Waals surface area (Å²) in [5.41, 5.74) is 0. The smallest absolute Gasteiger partial charge is 0.246 e. The van der Waals surface area contributed by atoms with Crippen LogP contribution in [0.5, 0.6) is 5.75 Å². The topological polar surface area (TPSA) is 78.2 Å². The minimum atomic E-state index is -0.208. The number of nitriles is 1. The first-order valence-electron chi connectivity index (χ1n) is 5.70. The van der Waals surface area contributed by atoms with Crippen molar-refractivity contribution in [3.63, 3.8) is 0 Å². The molecular formula is C12H14N4O2. The van der Waals surface area contributed by atoms with Crippen molar-refractivity contribution in [3.8, 4) is 11.9 Å². The Balaban J connectivity index is 2.16. The predicted octanol–water partition coefficient (Wildman–Crippen LogP) is 0.514. The van der Waals surface area contributed by atoms with Crippen LogP contribution >= 0.6 is 0 Å². The number of nitrogens with one attached hydrogen (secondary N) is 1. The number of nitrogens with zero attached hydrogens (tertiary/aromatic N) is 3. The van der Waals surface area contributed by atoms with Gasteiger partial charge in [-0.25, -0.2) is 4.98 Å². The molecule has 1 unspecified atom stereocenters. The molecule has 0 spiro atoms. The molecule has 1 saturated heterocycles. The number of anilines is 1. The Morgan fingerprint density at radius 1 is 1.67 bits per heavy atom. The molecule has 94 valence electrons. The van der Waals surface area contributed by atoms with Gasteiger partial charge in [-0.3, -0.25) is 4.79 Å². The van der Waals surface area contributed by atoms with Crippen molar-refractivity contribution in [2.75, 3.05) is 25.1 Å². The average molecular weight is 246 g/mol. The van der Waals surface area contributed by atoms with Crippen molar-refractivity contribution < 1.29 is 9.53 Å². The molecule has 6 nitrogen and oxygen atoms in total. The van der Waals surface area contributed by atoms with Gasteiger partial charge in [-0.05, 0) is 25.1 Å². The van der Waals surface area contributed by atoms with E-state index in [1.54, 1.807) is 12.1 Å². The number of hydrogen-bond acceptors (Lipinski definition) is 5. The summed E-state index contributed by atoms with van der Waals surface area (Å²) in [6, 6.07) is 3.27. The zero-order valence-corrected chi connectivity index (χ0v) is 10.1. The molecule has 1 aromatic heterocycles. The Labute approximate surface area is 105 Å². The normalized spacial score (nSPS) is 18.1. The molecule has 1 aliphatic rings. The summed E-state index contributed by atoms with van der Waals surface area (Å²) in [5, 5.41) is 12.2. The molecule has 2 heterocycles. The molecule has 18 heavy (non-hydrogen) atoms. The molecule has 1 amide bonds. The second-order valence-electron chi connectivity index (χ2n) is 4.02. The van der Waals surface area contributed by atoms with Crippen molar-refractivity contribution in [1.29, 1.82) is 5.26 Å². The van der Waals surface area contributed by atoms with Gasteiger partial charge in [0.05, 0.1) is 19.2 Å². The molecule has 0 bridgehead atoms. The fraction of sp³-hybridized carbons (Fsp3) is 0.417. The molecule has 0 aromatic carbocycles. The van der Waals surface area contributed by atoms with E-state index < -0.39 is 0 Å². The average Bonchev–Trinajstić information content (AvgIpc) is 2.94. The summed E-state index contributed by atoms with van der Waals surface area (Å²) in [6.45, 7) is 1.43. The van der Waals surface area contributed by atoms with Crippen molar-refractivity contribution in [1.82, 2.24) is 10.3 Å². The third kappa shape index (κ3) is 2.41. The van der Waals surface area contributed by atoms with Crippen LogP contribution in [-0.4, -0.2) is 31.1 Å². The number of pyridine rings is 1. The SMILES string of the molecule is COc1ccc(N(C#N)C(=O)C2CCNC2)nc1. The Morgan fingerprint density at radius 3 is 3.00 bits per heavy atom. The molecule has 1 fully saturated rings. The molecule has 1 atom stereocenters. The summed E-state index contributed by atoms with van der Waals surface area (Å²) >= 11 is 0. The van der Waals surface area contributed by atoms with Gasteiger partial charge in [-0.15, -0.1) is 0 Å². The lowest BCUT2D eigenvalue weighted by molar-refractivity contribution is -0.121. The van der Waals surface area contributed by atoms with Crippen LogP contribution < -0.4 is 15.0 Å². The Hall–Kier alpha value is -2.13. The van der Waals surface area contributed by atoms with Gasteiger partial charge in [0.2, 0.25) is 5.91 Å². The quantitative estimate of drug-likeness (QED) is 0.621. The zero-order chi connectivity index (χ0) is 13.0. The number of amides is 1. The number of ether oxygens (including phenoxy) is 1. The summed E-state index contributed by atoms with van der Waals surface area (Å²) in [5.74, 6) is 0.565. The van der Waals surface area contributed by atoms with Gasteiger partial charge >= 0.3 is 0 Å². The van der Waals surface area contributed by atoms with Gasteiger partial charge in [-0.1, -0.05) is 0 Å². The van der Waals surface area contributed by atoms with E-state index in [1.807, 2.05) is 6.19 Å². The molecular weight excluding hydrogens is 232 g/mol. The minimum Gasteiger partial charge on any atom is -0.495 e. The minimum absolute atomic E-state index is 0.145. The van der Waals surface area contributed by atoms with Crippen LogP contribution in [0.15, 0.2) is 18.3 Å². The Morgan fingerprint density at radius 2 is 2.50 bits per heavy atom. The van der Waals surface area contributed by atoms with Crippen LogP contribution in [0, 0.1) is 17.4 Å². The first-order chi connectivity index (χ1) is 8.76. The van der Waals surface area contributed by atoms with E-state index in [1.165, 1.54) is 13.3 Å². The van der Waals surface area contributed by atoms with E-state index in [0.717, 1.165) is 17.9 Å². The molecule has 0 radical (unpaired) electrons. The molecule has 1 aromatic rings. The van der Waals surface area contributed by atoms with Crippen molar-refractivity contribution in [2.45, 2.75) is 6.42 Å². The number of hydrogen-bond donors (Lipinski definition) is 1. The van der Waals surface area contributed by atoms with E-state index >= 15 is 0 Å². The summed E-state index contributed by atoms with van der Waals surface area (Å²) < 4.78 is 4.98. The van der Waals surface area contributed by atoms with Crippen LogP contribution in [0.3, 0.4) is 0 Å². The number of aromatic nitrogens is 1. The van der Waals surface area contributed by atoms with E-state index in [2.05, 4.69) is 10.3 Å². The standard InChI is InChI=1S/C12H14N4O2/c1-18-10-2-3-11(15-7-10)16(8-13)12(17)9-4-5-14-6-9/h2-3,7,9,14H,4-6H2,1H3. The highest BCUT2D eigenvalue weighted by Gasteiger charge is 2.28. The third-order valence-electron chi connectivity index (χ3n) is 2.92. The van der Waals surface area contributed by atoms with Crippen LogP contribution in [0.1, 0.15) is 6.42 Å². The van der Waals surface area contributed by atoms with Gasteiger partial charge in [-0.2, -0.15) is 10.2 Å². The van der Waals surface area contributed by atoms with E-state index in [-0.39, 0.29) is 11.8 Å². The Bertz CT molecular complexity index is 460. The lowest BCUT2D eigenvalue weighted by atomic mass is 10.1. The highest BCUT2D eigenvalue weighted by molar-refractivity contribution is 5.96. The number of methoxy groups -OCH3 is 1. The van der Waals surface area contributed by atoms with Gasteiger partial charge in [0.1, 0.15) is 11.6 Å². The molecule has 0 saturated carbocycles. The third-order valence-corrected chi connectivity index (χ3v) is 2.92. The van der Waals surface area contributed by atoms with Crippen molar-refractivity contribution in [3.05, 3.63) is 18.3 Å². The summed E-state index contributed by atoms with van der Waals surface area (Å²) in [6.07, 6.45) is 4.13. The van der Waals surface area contributed by atoms with Gasteiger partial charge in [0.25, 0.3) is 0 Å². The van der Waals surface area contributed by atoms with Gasteiger partial charge in [0.15, 0.2) is 6.19 Å². The monoisotopic (exact) mass is 246 g/mol. The summed E-state index contributed by atoms with van der Waals surface area (Å²) in [4.78, 5) is 17.2. The largest absolute Gasteiger partial charge is 0.495 e. The predicted molar refractivity (Wildman–Crippen MR) is 64.9 cm³/mol. The highest BCUT2D eigenvalue weighted by Crippen LogP contribution is 2.19. The van der Waals surface area contributed by atoms with E-state index in [0.29, 0.717) is 18.1 Å². The molecule has 6 heteroatoms. The maximum atomic E-state index is 12.1. The van der Waals surface area contributed by atoms with E-state index in [4.69, 9.17) is 10.00 Å². The van der Waals surface area contributed by atoms with Crippen LogP contribution in [0.2, 0.25) is 0 Å². The van der Waals surface area contributed by atoms with Crippen LogP contribution in [-0.2, 0) is 4.79 Å². The first kappa shape index (κ1) is 12.3.